The fourth-order valence-electron chi connectivity index (χ4n) is 2.17. The number of nitrogens with one attached hydrogen (secondary N) is 1. The van der Waals surface area contributed by atoms with Gasteiger partial charge in [-0.25, -0.2) is 0 Å². The van der Waals surface area contributed by atoms with Crippen LogP contribution in [-0.2, 0) is 4.79 Å². The minimum atomic E-state index is -0.381. The average Bonchev–Trinajstić information content (AvgIpc) is 2.71. The molecular weight excluding hydrogens is 264 g/mol. The minimum absolute atomic E-state index is 0.0398. The molecule has 0 aromatic heterocycles. The number of benzene rings is 1. The van der Waals surface area contributed by atoms with Crippen molar-refractivity contribution in [3.63, 3.8) is 0 Å². The van der Waals surface area contributed by atoms with Crippen molar-refractivity contribution in [3.05, 3.63) is 28.8 Å². The average molecular weight is 283 g/mol. The van der Waals surface area contributed by atoms with Crippen molar-refractivity contribution in [3.8, 4) is 5.75 Å². The molecule has 1 fully saturated rings. The standard InChI is InChI=1S/C14H19ClN2O2/c1-9(16-2)11-8-10(15)4-5-12(11)19-13-6-7-17(3)14(13)18/h4-5,8-9,13,16H,6-7H2,1-3H3. The number of nitrogens with zero attached hydrogens (tertiary/aromatic N) is 1. The third kappa shape index (κ3) is 3.01. The van der Waals surface area contributed by atoms with E-state index in [1.54, 1.807) is 18.0 Å². The Labute approximate surface area is 118 Å². The van der Waals surface area contributed by atoms with Gasteiger partial charge in [-0.2, -0.15) is 0 Å². The maximum absolute atomic E-state index is 11.9. The summed E-state index contributed by atoms with van der Waals surface area (Å²) < 4.78 is 5.88. The highest BCUT2D eigenvalue weighted by atomic mass is 35.5. The quantitative estimate of drug-likeness (QED) is 0.921. The molecule has 1 heterocycles. The Kier molecular flexibility index (Phi) is 4.32. The Morgan fingerprint density at radius 2 is 2.26 bits per heavy atom. The van der Waals surface area contributed by atoms with Gasteiger partial charge in [0.05, 0.1) is 0 Å². The lowest BCUT2D eigenvalue weighted by Gasteiger charge is -2.19. The smallest absolute Gasteiger partial charge is 0.263 e. The number of amides is 1. The molecule has 0 bridgehead atoms. The summed E-state index contributed by atoms with van der Waals surface area (Å²) in [5.41, 5.74) is 0.970. The highest BCUT2D eigenvalue weighted by Gasteiger charge is 2.31. The van der Waals surface area contributed by atoms with Crippen LogP contribution in [0.25, 0.3) is 0 Å². The number of ether oxygens (including phenoxy) is 1. The molecule has 0 spiro atoms. The summed E-state index contributed by atoms with van der Waals surface area (Å²) in [5.74, 6) is 0.762. The van der Waals surface area contributed by atoms with E-state index in [1.165, 1.54) is 0 Å². The van der Waals surface area contributed by atoms with Gasteiger partial charge in [0.1, 0.15) is 5.75 Å². The van der Waals surface area contributed by atoms with Crippen molar-refractivity contribution in [2.24, 2.45) is 0 Å². The fourth-order valence-corrected chi connectivity index (χ4v) is 2.35. The van der Waals surface area contributed by atoms with Gasteiger partial charge < -0.3 is 15.0 Å². The highest BCUT2D eigenvalue weighted by molar-refractivity contribution is 6.30. The molecule has 2 rings (SSSR count). The lowest BCUT2D eigenvalue weighted by atomic mass is 10.1. The van der Waals surface area contributed by atoms with Crippen molar-refractivity contribution in [1.82, 2.24) is 10.2 Å². The van der Waals surface area contributed by atoms with E-state index in [0.29, 0.717) is 5.02 Å². The number of carbonyl (C=O) groups excluding carboxylic acids is 1. The molecule has 1 N–H and O–H groups in total. The number of hydrogen-bond donors (Lipinski definition) is 1. The van der Waals surface area contributed by atoms with E-state index >= 15 is 0 Å². The lowest BCUT2D eigenvalue weighted by molar-refractivity contribution is -0.132. The first-order chi connectivity index (χ1) is 9.02. The second kappa shape index (κ2) is 5.80. The molecule has 19 heavy (non-hydrogen) atoms. The molecular formula is C14H19ClN2O2. The number of halogens is 1. The van der Waals surface area contributed by atoms with E-state index < -0.39 is 0 Å². The fraction of sp³-hybridized carbons (Fsp3) is 0.500. The third-order valence-corrected chi connectivity index (χ3v) is 3.75. The summed E-state index contributed by atoms with van der Waals surface area (Å²) in [6.07, 6.45) is 0.347. The SMILES string of the molecule is CNC(C)c1cc(Cl)ccc1OC1CCN(C)C1=O. The molecule has 1 aliphatic rings. The summed E-state index contributed by atoms with van der Waals surface area (Å²) in [6, 6.07) is 5.60. The number of likely N-dealkylation sites (N-methyl/N-ethyl adjacent to an activating group) is 1. The van der Waals surface area contributed by atoms with Gasteiger partial charge in [-0.05, 0) is 32.2 Å². The molecule has 4 nitrogen and oxygen atoms in total. The molecule has 1 aromatic rings. The number of hydrogen-bond acceptors (Lipinski definition) is 3. The Balaban J connectivity index is 2.22. The highest BCUT2D eigenvalue weighted by Crippen LogP contribution is 2.30. The number of rotatable bonds is 4. The van der Waals surface area contributed by atoms with Crippen LogP contribution in [0.15, 0.2) is 18.2 Å². The molecule has 1 amide bonds. The summed E-state index contributed by atoms with van der Waals surface area (Å²) in [5, 5.41) is 3.83. The zero-order valence-electron chi connectivity index (χ0n) is 11.4. The van der Waals surface area contributed by atoms with Crippen LogP contribution < -0.4 is 10.1 Å². The topological polar surface area (TPSA) is 41.6 Å². The van der Waals surface area contributed by atoms with Crippen LogP contribution in [0.1, 0.15) is 24.9 Å². The Morgan fingerprint density at radius 1 is 1.53 bits per heavy atom. The first kappa shape index (κ1) is 14.2. The van der Waals surface area contributed by atoms with Crippen molar-refractivity contribution < 1.29 is 9.53 Å². The van der Waals surface area contributed by atoms with Crippen molar-refractivity contribution in [1.29, 1.82) is 0 Å². The van der Waals surface area contributed by atoms with Crippen molar-refractivity contribution >= 4 is 17.5 Å². The van der Waals surface area contributed by atoms with E-state index in [9.17, 15) is 4.79 Å². The minimum Gasteiger partial charge on any atom is -0.480 e. The van der Waals surface area contributed by atoms with E-state index in [0.717, 1.165) is 24.3 Å². The molecule has 2 atom stereocenters. The third-order valence-electron chi connectivity index (χ3n) is 3.52. The molecule has 2 unspecified atom stereocenters. The monoisotopic (exact) mass is 282 g/mol. The van der Waals surface area contributed by atoms with Crippen LogP contribution in [0.3, 0.4) is 0 Å². The second-order valence-corrected chi connectivity index (χ2v) is 5.28. The summed E-state index contributed by atoms with van der Waals surface area (Å²) in [4.78, 5) is 13.6. The van der Waals surface area contributed by atoms with Crippen LogP contribution in [-0.4, -0.2) is 37.6 Å². The van der Waals surface area contributed by atoms with Gasteiger partial charge in [0.2, 0.25) is 0 Å². The van der Waals surface area contributed by atoms with Gasteiger partial charge in [-0.15, -0.1) is 0 Å². The normalized spacial score (nSPS) is 20.7. The first-order valence-electron chi connectivity index (χ1n) is 6.41. The maximum Gasteiger partial charge on any atom is 0.263 e. The molecule has 0 saturated carbocycles. The van der Waals surface area contributed by atoms with Crippen LogP contribution >= 0.6 is 11.6 Å². The molecule has 5 heteroatoms. The van der Waals surface area contributed by atoms with Crippen LogP contribution in [0, 0.1) is 0 Å². The summed E-state index contributed by atoms with van der Waals surface area (Å²) >= 11 is 6.03. The van der Waals surface area contributed by atoms with Gasteiger partial charge in [-0.1, -0.05) is 11.6 Å². The van der Waals surface area contributed by atoms with Crippen LogP contribution in [0.4, 0.5) is 0 Å². The van der Waals surface area contributed by atoms with E-state index in [-0.39, 0.29) is 18.1 Å². The molecule has 1 aromatic carbocycles. The van der Waals surface area contributed by atoms with Crippen LogP contribution in [0.2, 0.25) is 5.02 Å². The lowest BCUT2D eigenvalue weighted by Crippen LogP contribution is -2.30. The summed E-state index contributed by atoms with van der Waals surface area (Å²) in [6.45, 7) is 2.77. The van der Waals surface area contributed by atoms with Crippen LogP contribution in [0.5, 0.6) is 5.75 Å². The zero-order chi connectivity index (χ0) is 14.0. The van der Waals surface area contributed by atoms with E-state index in [2.05, 4.69) is 5.32 Å². The van der Waals surface area contributed by atoms with E-state index in [1.807, 2.05) is 26.1 Å². The van der Waals surface area contributed by atoms with Crippen molar-refractivity contribution in [2.75, 3.05) is 20.6 Å². The van der Waals surface area contributed by atoms with Gasteiger partial charge >= 0.3 is 0 Å². The Bertz CT molecular complexity index is 479. The molecule has 1 saturated heterocycles. The van der Waals surface area contributed by atoms with Gasteiger partial charge in [0, 0.05) is 36.6 Å². The predicted octanol–water partition coefficient (Wildman–Crippen LogP) is 2.23. The number of carbonyl (C=O) groups is 1. The largest absolute Gasteiger partial charge is 0.480 e. The zero-order valence-corrected chi connectivity index (χ0v) is 12.2. The number of likely N-dealkylation sites (tertiary alicyclic amines) is 1. The van der Waals surface area contributed by atoms with Gasteiger partial charge in [0.25, 0.3) is 5.91 Å². The second-order valence-electron chi connectivity index (χ2n) is 4.85. The first-order valence-corrected chi connectivity index (χ1v) is 6.79. The molecule has 0 aliphatic carbocycles. The molecule has 0 radical (unpaired) electrons. The van der Waals surface area contributed by atoms with Crippen molar-refractivity contribution in [2.45, 2.75) is 25.5 Å². The van der Waals surface area contributed by atoms with Gasteiger partial charge in [-0.3, -0.25) is 4.79 Å². The van der Waals surface area contributed by atoms with E-state index in [4.69, 9.17) is 16.3 Å². The van der Waals surface area contributed by atoms with Gasteiger partial charge in [0.15, 0.2) is 6.10 Å². The Morgan fingerprint density at radius 3 is 2.84 bits per heavy atom. The molecule has 104 valence electrons. The maximum atomic E-state index is 11.9. The molecule has 1 aliphatic heterocycles. The Hall–Kier alpha value is -1.26. The predicted molar refractivity (Wildman–Crippen MR) is 75.6 cm³/mol. The summed E-state index contributed by atoms with van der Waals surface area (Å²) in [7, 11) is 3.68.